The van der Waals surface area contributed by atoms with Gasteiger partial charge in [0.2, 0.25) is 0 Å². The fourth-order valence-corrected chi connectivity index (χ4v) is 2.05. The lowest BCUT2D eigenvalue weighted by molar-refractivity contribution is 0.795. The van der Waals surface area contributed by atoms with Crippen molar-refractivity contribution < 1.29 is 0 Å². The van der Waals surface area contributed by atoms with Gasteiger partial charge in [0.25, 0.3) is 0 Å². The van der Waals surface area contributed by atoms with E-state index < -0.39 is 0 Å². The first-order chi connectivity index (χ1) is 9.81. The molecule has 0 spiro atoms. The van der Waals surface area contributed by atoms with Crippen molar-refractivity contribution in [1.29, 1.82) is 0 Å². The van der Waals surface area contributed by atoms with Crippen molar-refractivity contribution in [3.05, 3.63) is 70.8 Å². The predicted molar refractivity (Wildman–Crippen MR) is 85.4 cm³/mol. The minimum atomic E-state index is 0.577. The van der Waals surface area contributed by atoms with Crippen molar-refractivity contribution in [1.82, 2.24) is 0 Å². The number of rotatable bonds is 4. The smallest absolute Gasteiger partial charge is 0.0251 e. The Kier molecular flexibility index (Phi) is 5.41. The lowest BCUT2D eigenvalue weighted by Gasteiger charge is -2.00. The molecule has 0 aliphatic heterocycles. The van der Waals surface area contributed by atoms with Crippen LogP contribution in [0.4, 0.5) is 0 Å². The van der Waals surface area contributed by atoms with E-state index in [4.69, 9.17) is 5.73 Å². The molecular weight excluding hydrogens is 242 g/mol. The van der Waals surface area contributed by atoms with E-state index in [1.807, 2.05) is 24.3 Å². The van der Waals surface area contributed by atoms with E-state index in [2.05, 4.69) is 43.0 Å². The first-order valence-electron chi connectivity index (χ1n) is 7.22. The van der Waals surface area contributed by atoms with Gasteiger partial charge in [-0.25, -0.2) is 0 Å². The summed E-state index contributed by atoms with van der Waals surface area (Å²) in [6, 6.07) is 16.6. The molecule has 0 saturated carbocycles. The first kappa shape index (κ1) is 14.4. The van der Waals surface area contributed by atoms with E-state index in [1.165, 1.54) is 18.4 Å². The van der Waals surface area contributed by atoms with Gasteiger partial charge in [-0.15, -0.1) is 0 Å². The third-order valence-corrected chi connectivity index (χ3v) is 3.29. The van der Waals surface area contributed by atoms with Gasteiger partial charge in [0.05, 0.1) is 0 Å². The molecule has 1 heteroatoms. The number of nitrogens with two attached hydrogens (primary N) is 1. The van der Waals surface area contributed by atoms with Crippen LogP contribution in [0.1, 0.15) is 42.0 Å². The second-order valence-corrected chi connectivity index (χ2v) is 4.95. The van der Waals surface area contributed by atoms with Crippen molar-refractivity contribution in [3.8, 4) is 11.8 Å². The number of aryl methyl sites for hydroxylation is 1. The summed E-state index contributed by atoms with van der Waals surface area (Å²) in [6.45, 7) is 2.79. The van der Waals surface area contributed by atoms with Crippen LogP contribution in [0.25, 0.3) is 0 Å². The van der Waals surface area contributed by atoms with Gasteiger partial charge in [-0.2, -0.15) is 0 Å². The summed E-state index contributed by atoms with van der Waals surface area (Å²) in [5.74, 6) is 6.44. The van der Waals surface area contributed by atoms with Crippen LogP contribution in [0.2, 0.25) is 0 Å². The number of benzene rings is 2. The second kappa shape index (κ2) is 7.53. The average molecular weight is 263 g/mol. The zero-order chi connectivity index (χ0) is 14.2. The van der Waals surface area contributed by atoms with Gasteiger partial charge in [-0.3, -0.25) is 0 Å². The molecule has 0 fully saturated rings. The zero-order valence-corrected chi connectivity index (χ0v) is 12.0. The van der Waals surface area contributed by atoms with Crippen LogP contribution in [0.15, 0.2) is 48.5 Å². The van der Waals surface area contributed by atoms with E-state index in [-0.39, 0.29) is 0 Å². The van der Waals surface area contributed by atoms with E-state index in [0.29, 0.717) is 6.54 Å². The van der Waals surface area contributed by atoms with Crippen LogP contribution in [0.5, 0.6) is 0 Å². The summed E-state index contributed by atoms with van der Waals surface area (Å²) in [6.07, 6.45) is 3.60. The normalized spacial score (nSPS) is 9.90. The van der Waals surface area contributed by atoms with Gasteiger partial charge >= 0.3 is 0 Å². The Labute approximate surface area is 121 Å². The monoisotopic (exact) mass is 263 g/mol. The van der Waals surface area contributed by atoms with Crippen LogP contribution < -0.4 is 5.73 Å². The van der Waals surface area contributed by atoms with Crippen LogP contribution in [-0.4, -0.2) is 0 Å². The molecule has 0 aliphatic rings. The Hall–Kier alpha value is -2.04. The summed E-state index contributed by atoms with van der Waals surface area (Å²) in [7, 11) is 0. The van der Waals surface area contributed by atoms with Crippen molar-refractivity contribution in [2.24, 2.45) is 5.73 Å². The third-order valence-electron chi connectivity index (χ3n) is 3.29. The lowest BCUT2D eigenvalue weighted by atomic mass is 10.1. The van der Waals surface area contributed by atoms with Gasteiger partial charge in [0.1, 0.15) is 0 Å². The van der Waals surface area contributed by atoms with E-state index in [0.717, 1.165) is 23.1 Å². The molecule has 1 nitrogen and oxygen atoms in total. The average Bonchev–Trinajstić information content (AvgIpc) is 2.52. The fourth-order valence-electron chi connectivity index (χ4n) is 2.05. The molecule has 0 amide bonds. The Morgan fingerprint density at radius 2 is 1.65 bits per heavy atom. The highest BCUT2D eigenvalue weighted by molar-refractivity contribution is 5.44. The quantitative estimate of drug-likeness (QED) is 0.832. The number of hydrogen-bond donors (Lipinski definition) is 1. The van der Waals surface area contributed by atoms with E-state index >= 15 is 0 Å². The molecule has 0 unspecified atom stereocenters. The molecule has 0 heterocycles. The van der Waals surface area contributed by atoms with Gasteiger partial charge < -0.3 is 5.73 Å². The molecule has 0 aliphatic carbocycles. The summed E-state index contributed by atoms with van der Waals surface area (Å²) in [5, 5.41) is 0. The first-order valence-corrected chi connectivity index (χ1v) is 7.22. The maximum Gasteiger partial charge on any atom is 0.0251 e. The van der Waals surface area contributed by atoms with Crippen molar-refractivity contribution >= 4 is 0 Å². The van der Waals surface area contributed by atoms with Crippen LogP contribution in [0.3, 0.4) is 0 Å². The minimum Gasteiger partial charge on any atom is -0.326 e. The van der Waals surface area contributed by atoms with Gasteiger partial charge in [0.15, 0.2) is 0 Å². The van der Waals surface area contributed by atoms with Gasteiger partial charge in [-0.05, 0) is 48.2 Å². The molecule has 0 bridgehead atoms. The summed E-state index contributed by atoms with van der Waals surface area (Å²) in [5.41, 5.74) is 10.2. The molecule has 2 aromatic rings. The minimum absolute atomic E-state index is 0.577. The van der Waals surface area contributed by atoms with Crippen molar-refractivity contribution in [3.63, 3.8) is 0 Å². The molecule has 102 valence electrons. The van der Waals surface area contributed by atoms with E-state index in [1.54, 1.807) is 0 Å². The molecule has 0 saturated heterocycles. The lowest BCUT2D eigenvalue weighted by Crippen LogP contribution is -1.95. The van der Waals surface area contributed by atoms with Crippen LogP contribution in [0, 0.1) is 11.8 Å². The Bertz CT molecular complexity index is 600. The summed E-state index contributed by atoms with van der Waals surface area (Å²) in [4.78, 5) is 0. The van der Waals surface area contributed by atoms with Crippen LogP contribution in [-0.2, 0) is 13.0 Å². The Balaban J connectivity index is 2.11. The topological polar surface area (TPSA) is 26.0 Å². The highest BCUT2D eigenvalue weighted by atomic mass is 14.5. The molecule has 20 heavy (non-hydrogen) atoms. The zero-order valence-electron chi connectivity index (χ0n) is 12.0. The fraction of sp³-hybridized carbons (Fsp3) is 0.263. The molecule has 2 aromatic carbocycles. The third kappa shape index (κ3) is 4.26. The van der Waals surface area contributed by atoms with Crippen molar-refractivity contribution in [2.75, 3.05) is 0 Å². The maximum atomic E-state index is 5.59. The molecule has 2 N–H and O–H groups in total. The molecule has 0 atom stereocenters. The standard InChI is InChI=1S/C19H21N/c1-2-3-5-17-6-4-7-18(14-17)11-8-16-9-12-19(15-20)13-10-16/h4,6-7,9-10,12-14H,2-3,5,15,20H2,1H3. The SMILES string of the molecule is CCCCc1cccc(C#Cc2ccc(CN)cc2)c1. The maximum absolute atomic E-state index is 5.59. The largest absolute Gasteiger partial charge is 0.326 e. The molecular formula is C19H21N. The Morgan fingerprint density at radius 1 is 0.900 bits per heavy atom. The Morgan fingerprint density at radius 3 is 2.35 bits per heavy atom. The predicted octanol–water partition coefficient (Wildman–Crippen LogP) is 3.89. The van der Waals surface area contributed by atoms with E-state index in [9.17, 15) is 0 Å². The highest BCUT2D eigenvalue weighted by Gasteiger charge is 1.94. The van der Waals surface area contributed by atoms with Crippen LogP contribution >= 0.6 is 0 Å². The van der Waals surface area contributed by atoms with Gasteiger partial charge in [-0.1, -0.05) is 49.5 Å². The second-order valence-electron chi connectivity index (χ2n) is 4.95. The summed E-state index contributed by atoms with van der Waals surface area (Å²) >= 11 is 0. The van der Waals surface area contributed by atoms with Gasteiger partial charge in [0, 0.05) is 17.7 Å². The summed E-state index contributed by atoms with van der Waals surface area (Å²) < 4.78 is 0. The molecule has 0 aromatic heterocycles. The van der Waals surface area contributed by atoms with Crippen molar-refractivity contribution in [2.45, 2.75) is 32.7 Å². The number of hydrogen-bond acceptors (Lipinski definition) is 1. The highest BCUT2D eigenvalue weighted by Crippen LogP contribution is 2.08. The molecule has 2 rings (SSSR count). The number of unbranched alkanes of at least 4 members (excludes halogenated alkanes) is 1. The molecule has 0 radical (unpaired) electrons.